The lowest BCUT2D eigenvalue weighted by Gasteiger charge is -2.31. The molecule has 0 aromatic carbocycles. The van der Waals surface area contributed by atoms with E-state index in [2.05, 4.69) is 4.90 Å². The summed E-state index contributed by atoms with van der Waals surface area (Å²) in [7, 11) is 0. The molecular weight excluding hydrogens is 178 g/mol. The fourth-order valence-electron chi connectivity index (χ4n) is 2.05. The Morgan fingerprint density at radius 2 is 2.36 bits per heavy atom. The van der Waals surface area contributed by atoms with Gasteiger partial charge in [0, 0.05) is 19.6 Å². The van der Waals surface area contributed by atoms with E-state index in [0.29, 0.717) is 24.7 Å². The Bertz CT molecular complexity index is 182. The minimum absolute atomic E-state index is 0.262. The summed E-state index contributed by atoms with van der Waals surface area (Å²) < 4.78 is 0. The SMILES string of the molecule is CCCC(=O)CN1CCCC(CO)C1. The number of carbonyl (C=O) groups excluding carboxylic acids is 1. The van der Waals surface area contributed by atoms with Crippen molar-refractivity contribution in [2.24, 2.45) is 5.92 Å². The zero-order valence-corrected chi connectivity index (χ0v) is 9.04. The minimum atomic E-state index is 0.262. The number of aliphatic hydroxyl groups excluding tert-OH is 1. The number of piperidine rings is 1. The Balaban J connectivity index is 2.26. The summed E-state index contributed by atoms with van der Waals surface area (Å²) >= 11 is 0. The molecule has 0 bridgehead atoms. The monoisotopic (exact) mass is 199 g/mol. The van der Waals surface area contributed by atoms with Gasteiger partial charge in [0.15, 0.2) is 0 Å². The predicted molar refractivity (Wildman–Crippen MR) is 56.2 cm³/mol. The van der Waals surface area contributed by atoms with Crippen LogP contribution in [0.15, 0.2) is 0 Å². The molecule has 1 saturated heterocycles. The third kappa shape index (κ3) is 3.76. The Labute approximate surface area is 86.1 Å². The Morgan fingerprint density at radius 3 is 3.00 bits per heavy atom. The highest BCUT2D eigenvalue weighted by atomic mass is 16.3. The van der Waals surface area contributed by atoms with Crippen molar-refractivity contribution in [3.8, 4) is 0 Å². The molecule has 0 aliphatic carbocycles. The molecule has 82 valence electrons. The molecule has 1 aliphatic heterocycles. The van der Waals surface area contributed by atoms with E-state index in [1.807, 2.05) is 6.92 Å². The van der Waals surface area contributed by atoms with Crippen LogP contribution in [-0.2, 0) is 4.79 Å². The fourth-order valence-corrected chi connectivity index (χ4v) is 2.05. The molecule has 1 rings (SSSR count). The largest absolute Gasteiger partial charge is 0.396 e. The van der Waals surface area contributed by atoms with Crippen LogP contribution in [0, 0.1) is 5.92 Å². The normalized spacial score (nSPS) is 23.7. The number of ketones is 1. The maximum Gasteiger partial charge on any atom is 0.146 e. The van der Waals surface area contributed by atoms with E-state index in [1.165, 1.54) is 0 Å². The Kier molecular flexibility index (Phi) is 5.12. The first-order chi connectivity index (χ1) is 6.76. The maximum atomic E-state index is 11.4. The first kappa shape index (κ1) is 11.7. The summed E-state index contributed by atoms with van der Waals surface area (Å²) in [6.07, 6.45) is 3.86. The molecule has 0 radical (unpaired) electrons. The third-order valence-corrected chi connectivity index (χ3v) is 2.79. The van der Waals surface area contributed by atoms with E-state index in [9.17, 15) is 4.79 Å². The highest BCUT2D eigenvalue weighted by Gasteiger charge is 2.20. The van der Waals surface area contributed by atoms with Crippen molar-refractivity contribution in [2.45, 2.75) is 32.6 Å². The molecule has 0 aromatic rings. The molecule has 0 aromatic heterocycles. The van der Waals surface area contributed by atoms with E-state index in [1.54, 1.807) is 0 Å². The fraction of sp³-hybridized carbons (Fsp3) is 0.909. The van der Waals surface area contributed by atoms with E-state index < -0.39 is 0 Å². The molecule has 3 heteroatoms. The molecule has 0 spiro atoms. The summed E-state index contributed by atoms with van der Waals surface area (Å²) in [5, 5.41) is 9.03. The van der Waals surface area contributed by atoms with Gasteiger partial charge in [0.1, 0.15) is 5.78 Å². The van der Waals surface area contributed by atoms with E-state index >= 15 is 0 Å². The van der Waals surface area contributed by atoms with Gasteiger partial charge in [0.2, 0.25) is 0 Å². The number of hydrogen-bond donors (Lipinski definition) is 1. The Hall–Kier alpha value is -0.410. The van der Waals surface area contributed by atoms with Crippen LogP contribution in [0.1, 0.15) is 32.6 Å². The Morgan fingerprint density at radius 1 is 1.57 bits per heavy atom. The van der Waals surface area contributed by atoms with Crippen molar-refractivity contribution >= 4 is 5.78 Å². The number of likely N-dealkylation sites (tertiary alicyclic amines) is 1. The van der Waals surface area contributed by atoms with Crippen molar-refractivity contribution in [1.29, 1.82) is 0 Å². The maximum absolute atomic E-state index is 11.4. The zero-order valence-electron chi connectivity index (χ0n) is 9.04. The second-order valence-corrected chi connectivity index (χ2v) is 4.21. The van der Waals surface area contributed by atoms with Crippen molar-refractivity contribution < 1.29 is 9.90 Å². The van der Waals surface area contributed by atoms with Crippen molar-refractivity contribution in [2.75, 3.05) is 26.2 Å². The number of aliphatic hydroxyl groups is 1. The van der Waals surface area contributed by atoms with E-state index in [4.69, 9.17) is 5.11 Å². The molecule has 1 aliphatic rings. The smallest absolute Gasteiger partial charge is 0.146 e. The van der Waals surface area contributed by atoms with Gasteiger partial charge in [-0.15, -0.1) is 0 Å². The number of hydrogen-bond acceptors (Lipinski definition) is 3. The highest BCUT2D eigenvalue weighted by Crippen LogP contribution is 2.15. The summed E-state index contributed by atoms with van der Waals surface area (Å²) in [6.45, 7) is 4.80. The lowest BCUT2D eigenvalue weighted by molar-refractivity contribution is -0.120. The van der Waals surface area contributed by atoms with Crippen LogP contribution in [0.5, 0.6) is 0 Å². The summed E-state index contributed by atoms with van der Waals surface area (Å²) in [4.78, 5) is 13.6. The lowest BCUT2D eigenvalue weighted by atomic mass is 9.99. The van der Waals surface area contributed by atoms with Gasteiger partial charge in [-0.1, -0.05) is 6.92 Å². The van der Waals surface area contributed by atoms with Gasteiger partial charge in [-0.2, -0.15) is 0 Å². The molecule has 1 unspecified atom stereocenters. The second-order valence-electron chi connectivity index (χ2n) is 4.21. The van der Waals surface area contributed by atoms with Crippen LogP contribution in [0.2, 0.25) is 0 Å². The second kappa shape index (κ2) is 6.14. The standard InChI is InChI=1S/C11H21NO2/c1-2-4-11(14)8-12-6-3-5-10(7-12)9-13/h10,13H,2-9H2,1H3. The highest BCUT2D eigenvalue weighted by molar-refractivity contribution is 5.80. The molecule has 1 fully saturated rings. The number of rotatable bonds is 5. The molecule has 1 heterocycles. The quantitative estimate of drug-likeness (QED) is 0.719. The zero-order chi connectivity index (χ0) is 10.4. The van der Waals surface area contributed by atoms with Crippen LogP contribution in [0.3, 0.4) is 0 Å². The summed E-state index contributed by atoms with van der Waals surface area (Å²) in [6, 6.07) is 0. The molecule has 1 atom stereocenters. The van der Waals surface area contributed by atoms with Gasteiger partial charge in [0.05, 0.1) is 6.54 Å². The topological polar surface area (TPSA) is 40.5 Å². The van der Waals surface area contributed by atoms with Crippen LogP contribution < -0.4 is 0 Å². The van der Waals surface area contributed by atoms with Crippen LogP contribution in [-0.4, -0.2) is 42.0 Å². The predicted octanol–water partition coefficient (Wildman–Crippen LogP) is 1.06. The van der Waals surface area contributed by atoms with Gasteiger partial charge < -0.3 is 5.11 Å². The summed E-state index contributed by atoms with van der Waals surface area (Å²) in [5.74, 6) is 0.726. The third-order valence-electron chi connectivity index (χ3n) is 2.79. The van der Waals surface area contributed by atoms with Crippen LogP contribution in [0.4, 0.5) is 0 Å². The average molecular weight is 199 g/mol. The number of nitrogens with zero attached hydrogens (tertiary/aromatic N) is 1. The first-order valence-electron chi connectivity index (χ1n) is 5.61. The number of carbonyl (C=O) groups is 1. The van der Waals surface area contributed by atoms with Crippen LogP contribution >= 0.6 is 0 Å². The van der Waals surface area contributed by atoms with E-state index in [-0.39, 0.29) is 6.61 Å². The van der Waals surface area contributed by atoms with Crippen molar-refractivity contribution in [3.63, 3.8) is 0 Å². The molecule has 0 saturated carbocycles. The molecule has 0 amide bonds. The van der Waals surface area contributed by atoms with Gasteiger partial charge in [0.25, 0.3) is 0 Å². The molecule has 3 nitrogen and oxygen atoms in total. The van der Waals surface area contributed by atoms with Gasteiger partial charge in [-0.05, 0) is 31.7 Å². The van der Waals surface area contributed by atoms with Gasteiger partial charge in [-0.3, -0.25) is 9.69 Å². The summed E-state index contributed by atoms with van der Waals surface area (Å²) in [5.41, 5.74) is 0. The molecular formula is C11H21NO2. The van der Waals surface area contributed by atoms with E-state index in [0.717, 1.165) is 32.4 Å². The minimum Gasteiger partial charge on any atom is -0.396 e. The first-order valence-corrected chi connectivity index (χ1v) is 5.61. The number of Topliss-reactive ketones (excluding diaryl/α,β-unsaturated/α-hetero) is 1. The van der Waals surface area contributed by atoms with Gasteiger partial charge in [-0.25, -0.2) is 0 Å². The molecule has 1 N–H and O–H groups in total. The molecule has 14 heavy (non-hydrogen) atoms. The average Bonchev–Trinajstić information content (AvgIpc) is 2.18. The van der Waals surface area contributed by atoms with Gasteiger partial charge >= 0.3 is 0 Å². The van der Waals surface area contributed by atoms with Crippen molar-refractivity contribution in [1.82, 2.24) is 4.90 Å². The van der Waals surface area contributed by atoms with Crippen LogP contribution in [0.25, 0.3) is 0 Å². The lowest BCUT2D eigenvalue weighted by Crippen LogP contribution is -2.39. The van der Waals surface area contributed by atoms with Crippen molar-refractivity contribution in [3.05, 3.63) is 0 Å².